The van der Waals surface area contributed by atoms with Crippen LogP contribution in [0.5, 0.6) is 0 Å². The molecule has 0 atom stereocenters. The Hall–Kier alpha value is -1.98. The molecule has 1 N–H and O–H groups in total. The maximum atomic E-state index is 12.2. The van der Waals surface area contributed by atoms with Crippen LogP contribution < -0.4 is 10.2 Å². The third-order valence-electron chi connectivity index (χ3n) is 4.70. The molecule has 1 saturated heterocycles. The molecular formula is C17H24N4O2. The molecule has 1 aliphatic heterocycles. The van der Waals surface area contributed by atoms with Crippen LogP contribution in [0, 0.1) is 5.92 Å². The Morgan fingerprint density at radius 3 is 2.70 bits per heavy atom. The zero-order valence-corrected chi connectivity index (χ0v) is 13.5. The number of aromatic nitrogens is 2. The number of carbonyl (C=O) groups excluding carboxylic acids is 2. The van der Waals surface area contributed by atoms with Crippen molar-refractivity contribution in [2.45, 2.75) is 51.5 Å². The highest BCUT2D eigenvalue weighted by atomic mass is 16.2. The van der Waals surface area contributed by atoms with E-state index in [0.717, 1.165) is 24.7 Å². The average Bonchev–Trinajstić information content (AvgIpc) is 2.61. The number of carbonyl (C=O) groups is 2. The number of nitrogens with zero attached hydrogens (tertiary/aromatic N) is 3. The van der Waals surface area contributed by atoms with Crippen LogP contribution in [0.4, 0.5) is 5.95 Å². The summed E-state index contributed by atoms with van der Waals surface area (Å²) in [5.41, 5.74) is 0.834. The van der Waals surface area contributed by atoms with Gasteiger partial charge in [0, 0.05) is 38.0 Å². The Morgan fingerprint density at radius 2 is 1.96 bits per heavy atom. The summed E-state index contributed by atoms with van der Waals surface area (Å²) >= 11 is 0. The van der Waals surface area contributed by atoms with Gasteiger partial charge in [-0.1, -0.05) is 0 Å². The van der Waals surface area contributed by atoms with E-state index in [9.17, 15) is 9.59 Å². The second kappa shape index (κ2) is 7.53. The molecule has 1 saturated carbocycles. The Bertz CT molecular complexity index is 559. The number of Topliss-reactive ketones (excluding diaryl/α,β-unsaturated/α-hetero) is 1. The molecular weight excluding hydrogens is 292 g/mol. The molecule has 1 aromatic rings. The summed E-state index contributed by atoms with van der Waals surface area (Å²) in [5.74, 6) is 1.04. The second-order valence-corrected chi connectivity index (χ2v) is 6.43. The lowest BCUT2D eigenvalue weighted by atomic mass is 9.88. The van der Waals surface area contributed by atoms with Crippen LogP contribution in [0.3, 0.4) is 0 Å². The molecule has 124 valence electrons. The topological polar surface area (TPSA) is 75.2 Å². The van der Waals surface area contributed by atoms with Gasteiger partial charge in [0.05, 0.1) is 12.2 Å². The largest absolute Gasteiger partial charge is 0.350 e. The predicted octanol–water partition coefficient (Wildman–Crippen LogP) is 1.84. The molecule has 3 rings (SSSR count). The van der Waals surface area contributed by atoms with Gasteiger partial charge in [-0.2, -0.15) is 0 Å². The zero-order valence-electron chi connectivity index (χ0n) is 13.5. The third kappa shape index (κ3) is 4.27. The van der Waals surface area contributed by atoms with Crippen LogP contribution in [-0.4, -0.2) is 34.7 Å². The maximum absolute atomic E-state index is 12.2. The molecule has 1 aliphatic carbocycles. The first kappa shape index (κ1) is 15.9. The molecule has 0 unspecified atom stereocenters. The molecule has 0 spiro atoms. The van der Waals surface area contributed by atoms with Crippen molar-refractivity contribution in [1.29, 1.82) is 0 Å². The Labute approximate surface area is 136 Å². The predicted molar refractivity (Wildman–Crippen MR) is 86.9 cm³/mol. The highest BCUT2D eigenvalue weighted by Crippen LogP contribution is 2.21. The summed E-state index contributed by atoms with van der Waals surface area (Å²) in [6, 6.07) is 1.85. The lowest BCUT2D eigenvalue weighted by Gasteiger charge is -2.26. The summed E-state index contributed by atoms with van der Waals surface area (Å²) in [4.78, 5) is 34.6. The van der Waals surface area contributed by atoms with Crippen molar-refractivity contribution in [3.8, 4) is 0 Å². The maximum Gasteiger partial charge on any atom is 0.225 e. The number of hydrogen-bond donors (Lipinski definition) is 1. The Kier molecular flexibility index (Phi) is 5.20. The van der Waals surface area contributed by atoms with E-state index in [1.165, 1.54) is 19.3 Å². The van der Waals surface area contributed by atoms with Gasteiger partial charge in [-0.25, -0.2) is 9.97 Å². The Balaban J connectivity index is 1.53. The summed E-state index contributed by atoms with van der Waals surface area (Å²) in [7, 11) is 0. The minimum absolute atomic E-state index is 0.0314. The van der Waals surface area contributed by atoms with Gasteiger partial charge in [0.15, 0.2) is 0 Å². The fourth-order valence-corrected chi connectivity index (χ4v) is 3.25. The van der Waals surface area contributed by atoms with Crippen molar-refractivity contribution >= 4 is 17.6 Å². The highest BCUT2D eigenvalue weighted by Gasteiger charge is 2.24. The minimum atomic E-state index is -0.0314. The van der Waals surface area contributed by atoms with E-state index in [-0.39, 0.29) is 17.6 Å². The highest BCUT2D eigenvalue weighted by molar-refractivity contribution is 5.84. The van der Waals surface area contributed by atoms with Crippen LogP contribution in [0.1, 0.15) is 50.6 Å². The number of hydrogen-bond acceptors (Lipinski definition) is 5. The van der Waals surface area contributed by atoms with E-state index < -0.39 is 0 Å². The van der Waals surface area contributed by atoms with Crippen molar-refractivity contribution in [3.63, 3.8) is 0 Å². The molecule has 2 heterocycles. The quantitative estimate of drug-likeness (QED) is 0.917. The number of amides is 1. The van der Waals surface area contributed by atoms with Crippen LogP contribution >= 0.6 is 0 Å². The fraction of sp³-hybridized carbons (Fsp3) is 0.647. The first-order chi connectivity index (χ1) is 11.2. The van der Waals surface area contributed by atoms with Gasteiger partial charge >= 0.3 is 0 Å². The number of rotatable bonds is 4. The van der Waals surface area contributed by atoms with E-state index in [1.54, 1.807) is 6.20 Å². The minimum Gasteiger partial charge on any atom is -0.350 e. The van der Waals surface area contributed by atoms with Gasteiger partial charge in [0.2, 0.25) is 11.9 Å². The number of nitrogens with one attached hydrogen (secondary N) is 1. The average molecular weight is 316 g/mol. The van der Waals surface area contributed by atoms with Crippen molar-refractivity contribution in [1.82, 2.24) is 15.3 Å². The van der Waals surface area contributed by atoms with E-state index in [1.807, 2.05) is 6.07 Å². The number of anilines is 1. The number of piperidine rings is 1. The summed E-state index contributed by atoms with van der Waals surface area (Å²) in [6.45, 7) is 2.43. The standard InChI is InChI=1S/C17H24N4O2/c22-15-6-4-13(5-7-15)16(23)19-12-14-8-9-18-17(20-14)21-10-2-1-3-11-21/h8-9,13H,1-7,10-12H2,(H,19,23). The number of ketones is 1. The van der Waals surface area contributed by atoms with Crippen LogP contribution in [0.2, 0.25) is 0 Å². The molecule has 2 fully saturated rings. The van der Waals surface area contributed by atoms with Gasteiger partial charge in [-0.05, 0) is 38.2 Å². The third-order valence-corrected chi connectivity index (χ3v) is 4.70. The monoisotopic (exact) mass is 316 g/mol. The summed E-state index contributed by atoms with van der Waals surface area (Å²) in [6.07, 6.45) is 7.82. The van der Waals surface area contributed by atoms with Gasteiger partial charge in [0.1, 0.15) is 5.78 Å². The van der Waals surface area contributed by atoms with Crippen molar-refractivity contribution in [2.24, 2.45) is 5.92 Å². The van der Waals surface area contributed by atoms with E-state index in [0.29, 0.717) is 32.2 Å². The van der Waals surface area contributed by atoms with Gasteiger partial charge < -0.3 is 10.2 Å². The van der Waals surface area contributed by atoms with Crippen molar-refractivity contribution in [3.05, 3.63) is 18.0 Å². The summed E-state index contributed by atoms with van der Waals surface area (Å²) < 4.78 is 0. The van der Waals surface area contributed by atoms with Crippen molar-refractivity contribution in [2.75, 3.05) is 18.0 Å². The molecule has 6 heteroatoms. The van der Waals surface area contributed by atoms with Gasteiger partial charge in [-0.3, -0.25) is 9.59 Å². The smallest absolute Gasteiger partial charge is 0.225 e. The zero-order chi connectivity index (χ0) is 16.1. The molecule has 1 aromatic heterocycles. The molecule has 6 nitrogen and oxygen atoms in total. The van der Waals surface area contributed by atoms with Crippen molar-refractivity contribution < 1.29 is 9.59 Å². The van der Waals surface area contributed by atoms with Crippen LogP contribution in [0.15, 0.2) is 12.3 Å². The molecule has 2 aliphatic rings. The van der Waals surface area contributed by atoms with E-state index in [2.05, 4.69) is 20.2 Å². The molecule has 0 radical (unpaired) electrons. The normalized spacial score (nSPS) is 19.7. The molecule has 0 bridgehead atoms. The van der Waals surface area contributed by atoms with Gasteiger partial charge in [0.25, 0.3) is 0 Å². The first-order valence-corrected chi connectivity index (χ1v) is 8.58. The van der Waals surface area contributed by atoms with Crippen LogP contribution in [-0.2, 0) is 16.1 Å². The second-order valence-electron chi connectivity index (χ2n) is 6.43. The Morgan fingerprint density at radius 1 is 1.22 bits per heavy atom. The first-order valence-electron chi connectivity index (χ1n) is 8.58. The van der Waals surface area contributed by atoms with E-state index in [4.69, 9.17) is 0 Å². The SMILES string of the molecule is O=C1CCC(C(=O)NCc2ccnc(N3CCCCC3)n2)CC1. The fourth-order valence-electron chi connectivity index (χ4n) is 3.25. The lowest BCUT2D eigenvalue weighted by Crippen LogP contribution is -2.34. The molecule has 23 heavy (non-hydrogen) atoms. The van der Waals surface area contributed by atoms with E-state index >= 15 is 0 Å². The lowest BCUT2D eigenvalue weighted by molar-refractivity contribution is -0.128. The molecule has 0 aromatic carbocycles. The molecule has 1 amide bonds. The van der Waals surface area contributed by atoms with Gasteiger partial charge in [-0.15, -0.1) is 0 Å². The summed E-state index contributed by atoms with van der Waals surface area (Å²) in [5, 5.41) is 2.95. The van der Waals surface area contributed by atoms with Crippen LogP contribution in [0.25, 0.3) is 0 Å².